The maximum absolute atomic E-state index is 12.8. The van der Waals surface area contributed by atoms with Crippen LogP contribution in [0.25, 0.3) is 0 Å². The van der Waals surface area contributed by atoms with E-state index in [1.54, 1.807) is 6.92 Å². The topological polar surface area (TPSA) is 9.23 Å². The number of rotatable bonds is 2. The summed E-state index contributed by atoms with van der Waals surface area (Å²) in [5, 5.41) is 0.325. The van der Waals surface area contributed by atoms with Gasteiger partial charge in [0.25, 0.3) is 0 Å². The van der Waals surface area contributed by atoms with Crippen molar-refractivity contribution in [1.82, 2.24) is 0 Å². The first-order valence-corrected chi connectivity index (χ1v) is 4.51. The lowest BCUT2D eigenvalue weighted by atomic mass is 10.2. The molecule has 0 bridgehead atoms. The SMILES string of the molecule is Cc1cc(F)cc(Cl)c1OC(C)C. The highest BCUT2D eigenvalue weighted by molar-refractivity contribution is 6.32. The molecule has 0 N–H and O–H groups in total. The van der Waals surface area contributed by atoms with Gasteiger partial charge in [0.15, 0.2) is 0 Å². The molecule has 0 aromatic heterocycles. The van der Waals surface area contributed by atoms with E-state index in [1.165, 1.54) is 12.1 Å². The van der Waals surface area contributed by atoms with Crippen molar-refractivity contribution in [3.05, 3.63) is 28.5 Å². The average Bonchev–Trinajstić information content (AvgIpc) is 1.96. The molecule has 1 aromatic rings. The van der Waals surface area contributed by atoms with E-state index in [0.29, 0.717) is 10.8 Å². The minimum absolute atomic E-state index is 0.0432. The van der Waals surface area contributed by atoms with Gasteiger partial charge in [0.2, 0.25) is 0 Å². The van der Waals surface area contributed by atoms with E-state index in [9.17, 15) is 4.39 Å². The molecule has 0 fully saturated rings. The second-order valence-electron chi connectivity index (χ2n) is 3.20. The molecule has 0 aliphatic rings. The summed E-state index contributed by atoms with van der Waals surface area (Å²) in [6.07, 6.45) is 0.0432. The van der Waals surface area contributed by atoms with Crippen LogP contribution in [0.15, 0.2) is 12.1 Å². The molecular weight excluding hydrogens is 191 g/mol. The fourth-order valence-corrected chi connectivity index (χ4v) is 1.37. The summed E-state index contributed by atoms with van der Waals surface area (Å²) in [5.74, 6) is 0.233. The Morgan fingerprint density at radius 1 is 1.38 bits per heavy atom. The third-order valence-electron chi connectivity index (χ3n) is 1.55. The Morgan fingerprint density at radius 3 is 2.46 bits per heavy atom. The summed E-state index contributed by atoms with van der Waals surface area (Å²) in [6, 6.07) is 2.66. The van der Waals surface area contributed by atoms with Crippen molar-refractivity contribution < 1.29 is 9.13 Å². The quantitative estimate of drug-likeness (QED) is 0.713. The average molecular weight is 203 g/mol. The summed E-state index contributed by atoms with van der Waals surface area (Å²) in [6.45, 7) is 5.57. The lowest BCUT2D eigenvalue weighted by Crippen LogP contribution is -2.07. The Labute approximate surface area is 82.5 Å². The Hall–Kier alpha value is -0.760. The second-order valence-corrected chi connectivity index (χ2v) is 3.61. The molecular formula is C10H12ClFO. The standard InChI is InChI=1S/C10H12ClFO/c1-6(2)13-10-7(3)4-8(12)5-9(10)11/h4-6H,1-3H3. The van der Waals surface area contributed by atoms with E-state index in [2.05, 4.69) is 0 Å². The van der Waals surface area contributed by atoms with Crippen molar-refractivity contribution in [3.8, 4) is 5.75 Å². The Bertz CT molecular complexity index is 287. The minimum atomic E-state index is -0.335. The normalized spacial score (nSPS) is 10.6. The molecule has 0 amide bonds. The number of halogens is 2. The molecule has 3 heteroatoms. The van der Waals surface area contributed by atoms with Crippen molar-refractivity contribution >= 4 is 11.6 Å². The predicted octanol–water partition coefficient (Wildman–Crippen LogP) is 3.57. The Kier molecular flexibility index (Phi) is 3.15. The number of ether oxygens (including phenoxy) is 1. The molecule has 0 radical (unpaired) electrons. The highest BCUT2D eigenvalue weighted by atomic mass is 35.5. The zero-order valence-corrected chi connectivity index (χ0v) is 8.65. The summed E-state index contributed by atoms with van der Waals surface area (Å²) in [5.41, 5.74) is 0.721. The summed E-state index contributed by atoms with van der Waals surface area (Å²) < 4.78 is 18.2. The molecule has 1 nitrogen and oxygen atoms in total. The molecule has 13 heavy (non-hydrogen) atoms. The van der Waals surface area contributed by atoms with E-state index in [4.69, 9.17) is 16.3 Å². The molecule has 0 aliphatic carbocycles. The predicted molar refractivity (Wildman–Crippen MR) is 51.9 cm³/mol. The minimum Gasteiger partial charge on any atom is -0.489 e. The molecule has 0 aliphatic heterocycles. The number of hydrogen-bond donors (Lipinski definition) is 0. The fraction of sp³-hybridized carbons (Fsp3) is 0.400. The van der Waals surface area contributed by atoms with Gasteiger partial charge < -0.3 is 4.74 Å². The van der Waals surface area contributed by atoms with Crippen LogP contribution in [-0.2, 0) is 0 Å². The van der Waals surface area contributed by atoms with Gasteiger partial charge in [-0.1, -0.05) is 11.6 Å². The maximum Gasteiger partial charge on any atom is 0.141 e. The molecule has 0 unspecified atom stereocenters. The lowest BCUT2D eigenvalue weighted by Gasteiger charge is -2.13. The number of benzene rings is 1. The van der Waals surface area contributed by atoms with Crippen molar-refractivity contribution in [2.45, 2.75) is 26.9 Å². The number of aryl methyl sites for hydroxylation is 1. The van der Waals surface area contributed by atoms with Crippen LogP contribution < -0.4 is 4.74 Å². The van der Waals surface area contributed by atoms with E-state index < -0.39 is 0 Å². The van der Waals surface area contributed by atoms with Crippen LogP contribution >= 0.6 is 11.6 Å². The highest BCUT2D eigenvalue weighted by Crippen LogP contribution is 2.30. The molecule has 0 atom stereocenters. The van der Waals surface area contributed by atoms with Crippen molar-refractivity contribution in [3.63, 3.8) is 0 Å². The Balaban J connectivity index is 3.06. The van der Waals surface area contributed by atoms with Crippen molar-refractivity contribution in [2.24, 2.45) is 0 Å². The van der Waals surface area contributed by atoms with Crippen LogP contribution in [0.4, 0.5) is 4.39 Å². The maximum atomic E-state index is 12.8. The monoisotopic (exact) mass is 202 g/mol. The summed E-state index contributed by atoms with van der Waals surface area (Å²) in [7, 11) is 0. The zero-order valence-electron chi connectivity index (χ0n) is 7.90. The molecule has 0 saturated heterocycles. The summed E-state index contributed by atoms with van der Waals surface area (Å²) >= 11 is 5.81. The van der Waals surface area contributed by atoms with Gasteiger partial charge in [-0.3, -0.25) is 0 Å². The first-order valence-electron chi connectivity index (χ1n) is 4.13. The van der Waals surface area contributed by atoms with E-state index in [-0.39, 0.29) is 11.9 Å². The van der Waals surface area contributed by atoms with Gasteiger partial charge in [-0.2, -0.15) is 0 Å². The van der Waals surface area contributed by atoms with Crippen LogP contribution in [0.2, 0.25) is 5.02 Å². The van der Waals surface area contributed by atoms with Crippen LogP contribution in [-0.4, -0.2) is 6.10 Å². The highest BCUT2D eigenvalue weighted by Gasteiger charge is 2.09. The molecule has 1 rings (SSSR count). The van der Waals surface area contributed by atoms with E-state index in [1.807, 2.05) is 13.8 Å². The molecule has 0 heterocycles. The van der Waals surface area contributed by atoms with E-state index >= 15 is 0 Å². The third kappa shape index (κ3) is 2.59. The van der Waals surface area contributed by atoms with Gasteiger partial charge >= 0.3 is 0 Å². The molecule has 72 valence electrons. The van der Waals surface area contributed by atoms with Gasteiger partial charge in [0.05, 0.1) is 11.1 Å². The summed E-state index contributed by atoms with van der Waals surface area (Å²) in [4.78, 5) is 0. The fourth-order valence-electron chi connectivity index (χ4n) is 1.07. The number of hydrogen-bond acceptors (Lipinski definition) is 1. The molecule has 0 spiro atoms. The van der Waals surface area contributed by atoms with Gasteiger partial charge in [-0.25, -0.2) is 4.39 Å². The Morgan fingerprint density at radius 2 is 2.00 bits per heavy atom. The molecule has 1 aromatic carbocycles. The first-order chi connectivity index (χ1) is 6.00. The smallest absolute Gasteiger partial charge is 0.141 e. The van der Waals surface area contributed by atoms with Crippen LogP contribution in [0.5, 0.6) is 5.75 Å². The van der Waals surface area contributed by atoms with Gasteiger partial charge in [-0.05, 0) is 38.5 Å². The van der Waals surface area contributed by atoms with Crippen LogP contribution in [0, 0.1) is 12.7 Å². The molecule has 0 saturated carbocycles. The van der Waals surface area contributed by atoms with Crippen LogP contribution in [0.3, 0.4) is 0 Å². The zero-order chi connectivity index (χ0) is 10.0. The second kappa shape index (κ2) is 3.97. The van der Waals surface area contributed by atoms with Gasteiger partial charge in [0, 0.05) is 0 Å². The first kappa shape index (κ1) is 10.3. The van der Waals surface area contributed by atoms with Gasteiger partial charge in [0.1, 0.15) is 11.6 Å². The van der Waals surface area contributed by atoms with Crippen molar-refractivity contribution in [1.29, 1.82) is 0 Å². The third-order valence-corrected chi connectivity index (χ3v) is 1.83. The van der Waals surface area contributed by atoms with E-state index in [0.717, 1.165) is 5.56 Å². The van der Waals surface area contributed by atoms with Crippen LogP contribution in [0.1, 0.15) is 19.4 Å². The largest absolute Gasteiger partial charge is 0.489 e. The van der Waals surface area contributed by atoms with Crippen molar-refractivity contribution in [2.75, 3.05) is 0 Å². The van der Waals surface area contributed by atoms with Gasteiger partial charge in [-0.15, -0.1) is 0 Å². The lowest BCUT2D eigenvalue weighted by molar-refractivity contribution is 0.240.